The third kappa shape index (κ3) is 1.76. The highest BCUT2D eigenvalue weighted by molar-refractivity contribution is 6.05. The van der Waals surface area contributed by atoms with Gasteiger partial charge in [0, 0.05) is 18.0 Å². The molecule has 3 N–H and O–H groups in total. The molecule has 6 heteroatoms. The molecule has 0 aliphatic heterocycles. The highest BCUT2D eigenvalue weighted by Crippen LogP contribution is 2.12. The lowest BCUT2D eigenvalue weighted by Gasteiger charge is -2.01. The number of imidazole rings is 2. The maximum absolute atomic E-state index is 11.9. The van der Waals surface area contributed by atoms with Gasteiger partial charge in [-0.2, -0.15) is 0 Å². The molecule has 3 rings (SSSR count). The van der Waals surface area contributed by atoms with Crippen molar-refractivity contribution in [1.82, 2.24) is 19.9 Å². The number of hydrogen-bond acceptors (Lipinski definition) is 3. The van der Waals surface area contributed by atoms with Crippen molar-refractivity contribution in [3.8, 4) is 0 Å². The predicted octanol–water partition coefficient (Wildman–Crippen LogP) is 1.54. The fourth-order valence-corrected chi connectivity index (χ4v) is 1.59. The second-order valence-electron chi connectivity index (χ2n) is 3.53. The van der Waals surface area contributed by atoms with Crippen molar-refractivity contribution in [2.24, 2.45) is 0 Å². The summed E-state index contributed by atoms with van der Waals surface area (Å²) in [5.74, 6) is 0.219. The number of fused-ring (bicyclic) bond motifs is 1. The Morgan fingerprint density at radius 2 is 2.18 bits per heavy atom. The third-order valence-electron chi connectivity index (χ3n) is 2.41. The Balaban J connectivity index is 1.90. The Hall–Kier alpha value is -2.63. The molecule has 0 spiro atoms. The number of H-pyrrole nitrogens is 2. The standard InChI is InChI=1S/C11H9N5O/c17-10(16-11-12-3-4-13-11)7-1-2-8-9(5-7)15-6-14-8/h1-6H,(H,14,15)(H2,12,13,16,17). The second-order valence-corrected chi connectivity index (χ2v) is 3.53. The number of aromatic amines is 2. The summed E-state index contributed by atoms with van der Waals surface area (Å²) < 4.78 is 0. The van der Waals surface area contributed by atoms with E-state index in [1.165, 1.54) is 0 Å². The van der Waals surface area contributed by atoms with Crippen molar-refractivity contribution >= 4 is 22.9 Å². The maximum atomic E-state index is 11.9. The zero-order chi connectivity index (χ0) is 11.7. The molecule has 0 aliphatic carbocycles. The molecule has 6 nitrogen and oxygen atoms in total. The van der Waals surface area contributed by atoms with Gasteiger partial charge in [-0.25, -0.2) is 9.97 Å². The van der Waals surface area contributed by atoms with Gasteiger partial charge in [0.1, 0.15) is 0 Å². The topological polar surface area (TPSA) is 86.5 Å². The zero-order valence-electron chi connectivity index (χ0n) is 8.77. The summed E-state index contributed by atoms with van der Waals surface area (Å²) in [6.07, 6.45) is 4.82. The van der Waals surface area contributed by atoms with Gasteiger partial charge < -0.3 is 9.97 Å². The minimum Gasteiger partial charge on any atom is -0.345 e. The largest absolute Gasteiger partial charge is 0.345 e. The van der Waals surface area contributed by atoms with Crippen LogP contribution in [0.2, 0.25) is 0 Å². The first-order valence-corrected chi connectivity index (χ1v) is 5.07. The van der Waals surface area contributed by atoms with Gasteiger partial charge in [-0.1, -0.05) is 0 Å². The molecule has 0 saturated carbocycles. The molecule has 0 saturated heterocycles. The van der Waals surface area contributed by atoms with Gasteiger partial charge in [0.15, 0.2) is 0 Å². The first-order valence-electron chi connectivity index (χ1n) is 5.07. The molecule has 3 aromatic rings. The molecule has 2 aromatic heterocycles. The number of rotatable bonds is 2. The van der Waals surface area contributed by atoms with Crippen molar-refractivity contribution in [2.75, 3.05) is 5.32 Å². The lowest BCUT2D eigenvalue weighted by Crippen LogP contribution is -2.12. The predicted molar refractivity (Wildman–Crippen MR) is 62.6 cm³/mol. The van der Waals surface area contributed by atoms with Gasteiger partial charge in [0.05, 0.1) is 17.4 Å². The molecule has 0 aliphatic rings. The van der Waals surface area contributed by atoms with Crippen molar-refractivity contribution in [2.45, 2.75) is 0 Å². The molecular formula is C11H9N5O. The Morgan fingerprint density at radius 3 is 3.00 bits per heavy atom. The van der Waals surface area contributed by atoms with Crippen LogP contribution in [0.15, 0.2) is 36.9 Å². The SMILES string of the molecule is O=C(Nc1ncc[nH]1)c1ccc2nc[nH]c2c1. The number of hydrogen-bond donors (Lipinski definition) is 3. The first-order chi connectivity index (χ1) is 8.33. The lowest BCUT2D eigenvalue weighted by molar-refractivity contribution is 0.102. The lowest BCUT2D eigenvalue weighted by atomic mass is 10.2. The summed E-state index contributed by atoms with van der Waals surface area (Å²) in [5, 5.41) is 2.66. The van der Waals surface area contributed by atoms with Crippen LogP contribution in [0.4, 0.5) is 5.95 Å². The van der Waals surface area contributed by atoms with Crippen LogP contribution in [-0.2, 0) is 0 Å². The van der Waals surface area contributed by atoms with E-state index in [9.17, 15) is 4.79 Å². The van der Waals surface area contributed by atoms with E-state index in [2.05, 4.69) is 25.3 Å². The van der Waals surface area contributed by atoms with E-state index >= 15 is 0 Å². The van der Waals surface area contributed by atoms with Gasteiger partial charge in [-0.15, -0.1) is 0 Å². The summed E-state index contributed by atoms with van der Waals surface area (Å²) >= 11 is 0. The van der Waals surface area contributed by atoms with Crippen molar-refractivity contribution in [3.63, 3.8) is 0 Å². The fraction of sp³-hybridized carbons (Fsp3) is 0. The molecule has 0 unspecified atom stereocenters. The normalized spacial score (nSPS) is 10.6. The fourth-order valence-electron chi connectivity index (χ4n) is 1.59. The van der Waals surface area contributed by atoms with E-state index in [4.69, 9.17) is 0 Å². The minimum absolute atomic E-state index is 0.212. The van der Waals surface area contributed by atoms with Crippen LogP contribution >= 0.6 is 0 Å². The van der Waals surface area contributed by atoms with Crippen LogP contribution in [-0.4, -0.2) is 25.8 Å². The first kappa shape index (κ1) is 9.59. The Morgan fingerprint density at radius 1 is 1.24 bits per heavy atom. The van der Waals surface area contributed by atoms with Crippen molar-refractivity contribution < 1.29 is 4.79 Å². The molecule has 2 heterocycles. The quantitative estimate of drug-likeness (QED) is 0.620. The molecule has 0 bridgehead atoms. The molecule has 0 fully saturated rings. The summed E-state index contributed by atoms with van der Waals surface area (Å²) in [7, 11) is 0. The van der Waals surface area contributed by atoms with E-state index in [0.717, 1.165) is 11.0 Å². The number of nitrogens with one attached hydrogen (secondary N) is 3. The Bertz CT molecular complexity index is 655. The number of benzene rings is 1. The molecule has 0 radical (unpaired) electrons. The van der Waals surface area contributed by atoms with Gasteiger partial charge >= 0.3 is 0 Å². The molecule has 1 aromatic carbocycles. The van der Waals surface area contributed by atoms with Crippen LogP contribution < -0.4 is 5.32 Å². The number of carbonyl (C=O) groups excluding carboxylic acids is 1. The Kier molecular flexibility index (Phi) is 2.11. The summed E-state index contributed by atoms with van der Waals surface area (Å²) in [5.41, 5.74) is 2.22. The maximum Gasteiger partial charge on any atom is 0.258 e. The minimum atomic E-state index is -0.212. The molecule has 84 valence electrons. The molecule has 17 heavy (non-hydrogen) atoms. The van der Waals surface area contributed by atoms with E-state index < -0.39 is 0 Å². The van der Waals surface area contributed by atoms with Crippen LogP contribution in [0, 0.1) is 0 Å². The average Bonchev–Trinajstić information content (AvgIpc) is 2.97. The summed E-state index contributed by atoms with van der Waals surface area (Å²) in [6, 6.07) is 5.27. The highest BCUT2D eigenvalue weighted by atomic mass is 16.1. The number of aromatic nitrogens is 4. The number of nitrogens with zero attached hydrogens (tertiary/aromatic N) is 2. The molecular weight excluding hydrogens is 218 g/mol. The monoisotopic (exact) mass is 227 g/mol. The van der Waals surface area contributed by atoms with E-state index in [1.807, 2.05) is 0 Å². The number of carbonyl (C=O) groups is 1. The van der Waals surface area contributed by atoms with Crippen molar-refractivity contribution in [1.29, 1.82) is 0 Å². The average molecular weight is 227 g/mol. The Labute approximate surface area is 96.1 Å². The van der Waals surface area contributed by atoms with E-state index in [1.54, 1.807) is 36.9 Å². The van der Waals surface area contributed by atoms with Gasteiger partial charge in [0.25, 0.3) is 5.91 Å². The van der Waals surface area contributed by atoms with E-state index in [-0.39, 0.29) is 5.91 Å². The van der Waals surface area contributed by atoms with Gasteiger partial charge in [-0.3, -0.25) is 10.1 Å². The molecule has 1 amide bonds. The zero-order valence-corrected chi connectivity index (χ0v) is 8.77. The van der Waals surface area contributed by atoms with Gasteiger partial charge in [-0.05, 0) is 18.2 Å². The van der Waals surface area contributed by atoms with Crippen molar-refractivity contribution in [3.05, 3.63) is 42.5 Å². The number of anilines is 1. The van der Waals surface area contributed by atoms with Gasteiger partial charge in [0.2, 0.25) is 5.95 Å². The molecule has 0 atom stereocenters. The smallest absolute Gasteiger partial charge is 0.258 e. The number of amides is 1. The third-order valence-corrected chi connectivity index (χ3v) is 2.41. The second kappa shape index (κ2) is 3.75. The van der Waals surface area contributed by atoms with E-state index in [0.29, 0.717) is 11.5 Å². The van der Waals surface area contributed by atoms with Crippen LogP contribution in [0.5, 0.6) is 0 Å². The van der Waals surface area contributed by atoms with Crippen LogP contribution in [0.3, 0.4) is 0 Å². The van der Waals surface area contributed by atoms with Crippen LogP contribution in [0.25, 0.3) is 11.0 Å². The summed E-state index contributed by atoms with van der Waals surface area (Å²) in [4.78, 5) is 25.7. The van der Waals surface area contributed by atoms with Crippen LogP contribution in [0.1, 0.15) is 10.4 Å². The summed E-state index contributed by atoms with van der Waals surface area (Å²) in [6.45, 7) is 0. The highest BCUT2D eigenvalue weighted by Gasteiger charge is 2.08.